The summed E-state index contributed by atoms with van der Waals surface area (Å²) in [5, 5.41) is 0. The number of ether oxygens (including phenoxy) is 2. The van der Waals surface area contributed by atoms with Crippen LogP contribution < -0.4 is 0 Å². The average Bonchev–Trinajstić information content (AvgIpc) is 3.16. The Kier molecular flexibility index (Phi) is 6.33. The van der Waals surface area contributed by atoms with Gasteiger partial charge in [0, 0.05) is 12.5 Å². The Balaban J connectivity index is 2.81. The Hall–Kier alpha value is -1.04. The zero-order valence-corrected chi connectivity index (χ0v) is 16.1. The van der Waals surface area contributed by atoms with Crippen molar-refractivity contribution in [2.45, 2.75) is 75.6 Å². The van der Waals surface area contributed by atoms with Crippen LogP contribution in [0, 0.1) is 17.3 Å². The van der Waals surface area contributed by atoms with E-state index in [4.69, 9.17) is 0 Å². The zero-order chi connectivity index (χ0) is 23.4. The third kappa shape index (κ3) is 3.51. The fourth-order valence-electron chi connectivity index (χ4n) is 4.93. The molecule has 2 fully saturated rings. The molecule has 0 aliphatic heterocycles. The van der Waals surface area contributed by atoms with Crippen LogP contribution in [0.1, 0.15) is 39.5 Å². The van der Waals surface area contributed by atoms with E-state index in [1.807, 2.05) is 0 Å². The lowest BCUT2D eigenvalue weighted by Crippen LogP contribution is -2.75. The highest BCUT2D eigenvalue weighted by atomic mass is 19.4. The first-order valence-corrected chi connectivity index (χ1v) is 9.24. The lowest BCUT2D eigenvalue weighted by molar-refractivity contribution is -0.460. The smallest absolute Gasteiger partial charge is 0.353 e. The predicted octanol–water partition coefficient (Wildman–Crippen LogP) is 6.51. The van der Waals surface area contributed by atoms with Crippen LogP contribution in [0.15, 0.2) is 12.7 Å². The van der Waals surface area contributed by atoms with Crippen LogP contribution in [0.4, 0.5) is 43.9 Å². The van der Waals surface area contributed by atoms with Crippen LogP contribution in [-0.2, 0) is 9.47 Å². The second-order valence-electron chi connectivity index (χ2n) is 7.90. The summed E-state index contributed by atoms with van der Waals surface area (Å²) >= 11 is 0. The van der Waals surface area contributed by atoms with Crippen molar-refractivity contribution in [3.8, 4) is 0 Å². The van der Waals surface area contributed by atoms with Gasteiger partial charge in [0.05, 0.1) is 0 Å². The molecule has 0 aromatic rings. The highest BCUT2D eigenvalue weighted by Gasteiger charge is 2.89. The summed E-state index contributed by atoms with van der Waals surface area (Å²) in [5.74, 6) is -16.8. The minimum absolute atomic E-state index is 0.104. The molecule has 4 atom stereocenters. The standard InChI is InChI=1S/C18H22F10O2/c1-4-13-7-6-11(8-13)12(9-13)14(30-10(3)29-5-2,15(19,20)17(23,24)25)16(21,22)18(26,27)28/h4,10-12H,1,5-9H2,2-3H3. The second-order valence-corrected chi connectivity index (χ2v) is 7.90. The fraction of sp³-hybridized carbons (Fsp3) is 0.889. The number of halogens is 10. The maximum absolute atomic E-state index is 14.8. The fourth-order valence-corrected chi connectivity index (χ4v) is 4.93. The van der Waals surface area contributed by atoms with Gasteiger partial charge in [-0.3, -0.25) is 0 Å². The van der Waals surface area contributed by atoms with Gasteiger partial charge in [-0.25, -0.2) is 0 Å². The lowest BCUT2D eigenvalue weighted by atomic mass is 9.66. The third-order valence-corrected chi connectivity index (χ3v) is 6.23. The van der Waals surface area contributed by atoms with Crippen LogP contribution in [0.3, 0.4) is 0 Å². The van der Waals surface area contributed by atoms with Crippen LogP contribution >= 0.6 is 0 Å². The van der Waals surface area contributed by atoms with E-state index in [1.165, 1.54) is 13.0 Å². The number of hydrogen-bond donors (Lipinski definition) is 0. The van der Waals surface area contributed by atoms with Crippen molar-refractivity contribution in [2.75, 3.05) is 6.61 Å². The summed E-state index contributed by atoms with van der Waals surface area (Å²) in [5.41, 5.74) is -6.36. The van der Waals surface area contributed by atoms with Gasteiger partial charge in [-0.2, -0.15) is 43.9 Å². The Labute approximate surface area is 166 Å². The van der Waals surface area contributed by atoms with Crippen molar-refractivity contribution >= 4 is 0 Å². The molecule has 2 aliphatic rings. The van der Waals surface area contributed by atoms with E-state index in [1.54, 1.807) is 0 Å². The first kappa shape index (κ1) is 25.2. The van der Waals surface area contributed by atoms with Crippen molar-refractivity contribution in [1.29, 1.82) is 0 Å². The molecule has 0 N–H and O–H groups in total. The van der Waals surface area contributed by atoms with Gasteiger partial charge < -0.3 is 9.47 Å². The highest BCUT2D eigenvalue weighted by Crippen LogP contribution is 2.69. The Morgan fingerprint density at radius 1 is 0.967 bits per heavy atom. The predicted molar refractivity (Wildman–Crippen MR) is 85.0 cm³/mol. The number of fused-ring (bicyclic) bond motifs is 2. The monoisotopic (exact) mass is 460 g/mol. The van der Waals surface area contributed by atoms with Crippen molar-refractivity contribution in [2.24, 2.45) is 17.3 Å². The maximum atomic E-state index is 14.8. The number of rotatable bonds is 8. The van der Waals surface area contributed by atoms with E-state index >= 15 is 0 Å². The van der Waals surface area contributed by atoms with Crippen LogP contribution in [0.2, 0.25) is 0 Å². The average molecular weight is 460 g/mol. The molecule has 2 bridgehead atoms. The highest BCUT2D eigenvalue weighted by molar-refractivity contribution is 5.21. The number of hydrogen-bond acceptors (Lipinski definition) is 2. The van der Waals surface area contributed by atoms with Crippen LogP contribution in [0.5, 0.6) is 0 Å². The van der Waals surface area contributed by atoms with Gasteiger partial charge in [-0.1, -0.05) is 6.08 Å². The van der Waals surface area contributed by atoms with Crippen LogP contribution in [-0.4, -0.2) is 42.7 Å². The SMILES string of the molecule is C=CC12CCC(C1)C(C(OC(C)OCC)(C(F)(F)C(F)(F)F)C(F)(F)C(F)(F)F)C2. The summed E-state index contributed by atoms with van der Waals surface area (Å²) in [6.45, 7) is 5.03. The van der Waals surface area contributed by atoms with Gasteiger partial charge in [0.25, 0.3) is 0 Å². The molecule has 2 saturated carbocycles. The summed E-state index contributed by atoms with van der Waals surface area (Å²) in [7, 11) is 0. The molecule has 0 amide bonds. The molecule has 0 radical (unpaired) electrons. The summed E-state index contributed by atoms with van der Waals surface area (Å²) in [6.07, 6.45) is -15.2. The van der Waals surface area contributed by atoms with E-state index in [9.17, 15) is 43.9 Å². The minimum Gasteiger partial charge on any atom is -0.353 e. The molecule has 0 spiro atoms. The number of alkyl halides is 10. The molecule has 2 nitrogen and oxygen atoms in total. The van der Waals surface area contributed by atoms with E-state index < -0.39 is 59.8 Å². The molecule has 176 valence electrons. The third-order valence-electron chi connectivity index (χ3n) is 6.23. The molecule has 2 aliphatic carbocycles. The molecule has 0 aromatic carbocycles. The molecule has 4 unspecified atom stereocenters. The van der Waals surface area contributed by atoms with E-state index in [-0.39, 0.29) is 25.9 Å². The first-order valence-electron chi connectivity index (χ1n) is 9.24. The topological polar surface area (TPSA) is 18.5 Å². The molecule has 0 heterocycles. The Morgan fingerprint density at radius 3 is 1.83 bits per heavy atom. The van der Waals surface area contributed by atoms with Crippen molar-refractivity contribution in [1.82, 2.24) is 0 Å². The molecule has 0 saturated heterocycles. The quantitative estimate of drug-likeness (QED) is 0.234. The summed E-state index contributed by atoms with van der Waals surface area (Å²) < 4.78 is 148. The van der Waals surface area contributed by atoms with Gasteiger partial charge in [-0.15, -0.1) is 6.58 Å². The Bertz CT molecular complexity index is 616. The van der Waals surface area contributed by atoms with E-state index in [0.717, 1.165) is 0 Å². The van der Waals surface area contributed by atoms with E-state index in [0.29, 0.717) is 6.92 Å². The van der Waals surface area contributed by atoms with Crippen molar-refractivity contribution in [3.05, 3.63) is 12.7 Å². The molecular weight excluding hydrogens is 438 g/mol. The lowest BCUT2D eigenvalue weighted by Gasteiger charge is -2.51. The molecular formula is C18H22F10O2. The Morgan fingerprint density at radius 2 is 1.47 bits per heavy atom. The van der Waals surface area contributed by atoms with Gasteiger partial charge in [0.2, 0.25) is 5.60 Å². The summed E-state index contributed by atoms with van der Waals surface area (Å²) in [6, 6.07) is 0. The van der Waals surface area contributed by atoms with Crippen molar-refractivity contribution < 1.29 is 53.4 Å². The molecule has 12 heteroatoms. The molecule has 2 rings (SSSR count). The van der Waals surface area contributed by atoms with Crippen molar-refractivity contribution in [3.63, 3.8) is 0 Å². The largest absolute Gasteiger partial charge is 0.456 e. The zero-order valence-electron chi connectivity index (χ0n) is 16.1. The van der Waals surface area contributed by atoms with E-state index in [2.05, 4.69) is 16.1 Å². The van der Waals surface area contributed by atoms with Gasteiger partial charge in [0.15, 0.2) is 6.29 Å². The summed E-state index contributed by atoms with van der Waals surface area (Å²) in [4.78, 5) is 0. The molecule has 0 aromatic heterocycles. The van der Waals surface area contributed by atoms with Gasteiger partial charge in [0.1, 0.15) is 0 Å². The maximum Gasteiger partial charge on any atom is 0.456 e. The molecule has 30 heavy (non-hydrogen) atoms. The van der Waals surface area contributed by atoms with Gasteiger partial charge >= 0.3 is 24.2 Å². The normalized spacial score (nSPS) is 29.3. The van der Waals surface area contributed by atoms with Gasteiger partial charge in [-0.05, 0) is 50.9 Å². The second kappa shape index (κ2) is 7.53. The minimum atomic E-state index is -6.74. The first-order chi connectivity index (χ1) is 13.4. The van der Waals surface area contributed by atoms with Crippen LogP contribution in [0.25, 0.3) is 0 Å². The number of allylic oxidation sites excluding steroid dienone is 1.